The zero-order valence-electron chi connectivity index (χ0n) is 14.6. The molecule has 1 aromatic carbocycles. The molecule has 1 aliphatic rings. The van der Waals surface area contributed by atoms with Crippen molar-refractivity contribution in [1.82, 2.24) is 14.2 Å². The summed E-state index contributed by atoms with van der Waals surface area (Å²) in [7, 11) is -1.84. The van der Waals surface area contributed by atoms with E-state index in [0.717, 1.165) is 24.3 Å². The molecular weight excluding hydrogens is 374 g/mol. The van der Waals surface area contributed by atoms with Crippen molar-refractivity contribution >= 4 is 21.6 Å². The lowest BCUT2D eigenvalue weighted by Crippen LogP contribution is -2.49. The average Bonchev–Trinajstić information content (AvgIpc) is 2.67. The van der Waals surface area contributed by atoms with Crippen molar-refractivity contribution < 1.29 is 13.2 Å². The van der Waals surface area contributed by atoms with Gasteiger partial charge in [0.05, 0.1) is 7.11 Å². The van der Waals surface area contributed by atoms with Crippen LogP contribution in [0.4, 0.5) is 0 Å². The molecule has 0 aliphatic carbocycles. The van der Waals surface area contributed by atoms with Gasteiger partial charge in [0, 0.05) is 38.9 Å². The summed E-state index contributed by atoms with van der Waals surface area (Å²) in [6.45, 7) is 3.22. The summed E-state index contributed by atoms with van der Waals surface area (Å²) in [5, 5.41) is 0.283. The minimum atomic E-state index is -3.51. The molecular formula is C18H22ClN3O3S. The zero-order chi connectivity index (χ0) is 18.6. The third-order valence-corrected chi connectivity index (χ3v) is 6.66. The first-order chi connectivity index (χ1) is 12.5. The zero-order valence-corrected chi connectivity index (χ0v) is 16.2. The fourth-order valence-electron chi connectivity index (χ4n) is 3.05. The van der Waals surface area contributed by atoms with Crippen LogP contribution in [-0.2, 0) is 16.4 Å². The Bertz CT molecular complexity index is 835. The quantitative estimate of drug-likeness (QED) is 0.702. The molecule has 26 heavy (non-hydrogen) atoms. The molecule has 0 bridgehead atoms. The minimum Gasteiger partial charge on any atom is -0.496 e. The summed E-state index contributed by atoms with van der Waals surface area (Å²) < 4.78 is 32.2. The van der Waals surface area contributed by atoms with Crippen LogP contribution in [0.25, 0.3) is 0 Å². The molecule has 1 aromatic heterocycles. The highest BCUT2D eigenvalue weighted by molar-refractivity contribution is 7.89. The van der Waals surface area contributed by atoms with Gasteiger partial charge in [-0.3, -0.25) is 0 Å². The Morgan fingerprint density at radius 1 is 1.12 bits per heavy atom. The summed E-state index contributed by atoms with van der Waals surface area (Å²) in [6.07, 6.45) is 2.18. The van der Waals surface area contributed by atoms with E-state index >= 15 is 0 Å². The van der Waals surface area contributed by atoms with Gasteiger partial charge in [-0.1, -0.05) is 29.8 Å². The maximum Gasteiger partial charge on any atom is 0.244 e. The minimum absolute atomic E-state index is 0.185. The first-order valence-electron chi connectivity index (χ1n) is 8.46. The topological polar surface area (TPSA) is 62.7 Å². The molecule has 0 radical (unpaired) electrons. The van der Waals surface area contributed by atoms with Crippen LogP contribution in [0, 0.1) is 0 Å². The molecule has 2 aromatic rings. The molecule has 3 rings (SSSR count). The summed E-state index contributed by atoms with van der Waals surface area (Å²) in [4.78, 5) is 6.33. The number of hydrogen-bond acceptors (Lipinski definition) is 5. The second-order valence-corrected chi connectivity index (χ2v) is 8.45. The normalized spacial score (nSPS) is 16.5. The second kappa shape index (κ2) is 8.35. The van der Waals surface area contributed by atoms with Crippen LogP contribution < -0.4 is 4.74 Å². The van der Waals surface area contributed by atoms with Crippen LogP contribution in [0.5, 0.6) is 5.75 Å². The van der Waals surface area contributed by atoms with Crippen molar-refractivity contribution in [3.63, 3.8) is 0 Å². The van der Waals surface area contributed by atoms with Crippen LogP contribution in [-0.4, -0.2) is 62.4 Å². The van der Waals surface area contributed by atoms with Crippen molar-refractivity contribution in [2.75, 3.05) is 39.8 Å². The summed E-state index contributed by atoms with van der Waals surface area (Å²) >= 11 is 5.74. The highest BCUT2D eigenvalue weighted by Crippen LogP contribution is 2.20. The first-order valence-corrected chi connectivity index (χ1v) is 10.3. The van der Waals surface area contributed by atoms with Gasteiger partial charge in [-0.15, -0.1) is 0 Å². The van der Waals surface area contributed by atoms with Gasteiger partial charge in [-0.05, 0) is 30.2 Å². The monoisotopic (exact) mass is 395 g/mol. The molecule has 6 nitrogen and oxygen atoms in total. The maximum absolute atomic E-state index is 12.7. The second-order valence-electron chi connectivity index (χ2n) is 6.12. The number of piperazine rings is 1. The van der Waals surface area contributed by atoms with Crippen molar-refractivity contribution in [1.29, 1.82) is 0 Å². The van der Waals surface area contributed by atoms with E-state index in [-0.39, 0.29) is 10.0 Å². The van der Waals surface area contributed by atoms with Crippen LogP contribution in [0.2, 0.25) is 5.15 Å². The van der Waals surface area contributed by atoms with E-state index in [1.165, 1.54) is 22.6 Å². The molecule has 1 aliphatic heterocycles. The lowest BCUT2D eigenvalue weighted by atomic mass is 10.1. The standard InChI is InChI=1S/C18H22ClN3O3S/c1-25-17-5-3-2-4-15(17)8-9-21-10-12-22(13-11-21)26(23,24)16-6-7-18(19)20-14-16/h2-7,14H,8-13H2,1H3. The molecule has 0 unspecified atom stereocenters. The van der Waals surface area contributed by atoms with Gasteiger partial charge in [-0.2, -0.15) is 4.31 Å². The van der Waals surface area contributed by atoms with E-state index in [0.29, 0.717) is 26.2 Å². The SMILES string of the molecule is COc1ccccc1CCN1CCN(S(=O)(=O)c2ccc(Cl)nc2)CC1. The Morgan fingerprint density at radius 2 is 1.85 bits per heavy atom. The molecule has 0 atom stereocenters. The summed E-state index contributed by atoms with van der Waals surface area (Å²) in [6, 6.07) is 11.0. The Labute approximate surface area is 159 Å². The Hall–Kier alpha value is -1.67. The summed E-state index contributed by atoms with van der Waals surface area (Å²) in [5.41, 5.74) is 1.16. The number of halogens is 1. The van der Waals surface area contributed by atoms with Gasteiger partial charge in [0.2, 0.25) is 10.0 Å². The first kappa shape index (κ1) is 19.1. The number of sulfonamides is 1. The Balaban J connectivity index is 1.56. The highest BCUT2D eigenvalue weighted by Gasteiger charge is 2.28. The van der Waals surface area contributed by atoms with Gasteiger partial charge in [0.25, 0.3) is 0 Å². The number of aromatic nitrogens is 1. The van der Waals surface area contributed by atoms with Crippen molar-refractivity contribution in [2.45, 2.75) is 11.3 Å². The number of para-hydroxylation sites is 1. The number of ether oxygens (including phenoxy) is 1. The fourth-order valence-corrected chi connectivity index (χ4v) is 4.53. The van der Waals surface area contributed by atoms with Gasteiger partial charge in [0.15, 0.2) is 0 Å². The number of methoxy groups -OCH3 is 1. The molecule has 0 saturated carbocycles. The lowest BCUT2D eigenvalue weighted by Gasteiger charge is -2.34. The third-order valence-electron chi connectivity index (χ3n) is 4.56. The molecule has 8 heteroatoms. The number of pyridine rings is 1. The van der Waals surface area contributed by atoms with E-state index in [1.54, 1.807) is 7.11 Å². The Morgan fingerprint density at radius 3 is 2.50 bits per heavy atom. The lowest BCUT2D eigenvalue weighted by molar-refractivity contribution is 0.190. The van der Waals surface area contributed by atoms with E-state index in [4.69, 9.17) is 16.3 Å². The number of nitrogens with zero attached hydrogens (tertiary/aromatic N) is 3. The third kappa shape index (κ3) is 4.35. The van der Waals surface area contributed by atoms with E-state index in [1.807, 2.05) is 18.2 Å². The van der Waals surface area contributed by atoms with Crippen molar-refractivity contribution in [2.24, 2.45) is 0 Å². The molecule has 0 amide bonds. The smallest absolute Gasteiger partial charge is 0.244 e. The molecule has 2 heterocycles. The molecule has 140 valence electrons. The van der Waals surface area contributed by atoms with Gasteiger partial charge in [-0.25, -0.2) is 13.4 Å². The predicted octanol–water partition coefficient (Wildman–Crippen LogP) is 2.29. The highest BCUT2D eigenvalue weighted by atomic mass is 35.5. The molecule has 0 N–H and O–H groups in total. The maximum atomic E-state index is 12.7. The number of rotatable bonds is 6. The van der Waals surface area contributed by atoms with E-state index in [9.17, 15) is 8.42 Å². The van der Waals surface area contributed by atoms with Crippen LogP contribution in [0.15, 0.2) is 47.5 Å². The largest absolute Gasteiger partial charge is 0.496 e. The molecule has 1 fully saturated rings. The van der Waals surface area contributed by atoms with Crippen LogP contribution in [0.3, 0.4) is 0 Å². The predicted molar refractivity (Wildman–Crippen MR) is 101 cm³/mol. The van der Waals surface area contributed by atoms with E-state index in [2.05, 4.69) is 16.0 Å². The van der Waals surface area contributed by atoms with Crippen molar-refractivity contribution in [3.05, 3.63) is 53.3 Å². The van der Waals surface area contributed by atoms with Crippen LogP contribution >= 0.6 is 11.6 Å². The van der Waals surface area contributed by atoms with Crippen molar-refractivity contribution in [3.8, 4) is 5.75 Å². The van der Waals surface area contributed by atoms with Crippen LogP contribution in [0.1, 0.15) is 5.56 Å². The van der Waals surface area contributed by atoms with Gasteiger partial charge in [0.1, 0.15) is 15.8 Å². The van der Waals surface area contributed by atoms with E-state index < -0.39 is 10.0 Å². The number of hydrogen-bond donors (Lipinski definition) is 0. The van der Waals surface area contributed by atoms with Gasteiger partial charge >= 0.3 is 0 Å². The Kier molecular flexibility index (Phi) is 6.13. The number of benzene rings is 1. The fraction of sp³-hybridized carbons (Fsp3) is 0.389. The average molecular weight is 396 g/mol. The van der Waals surface area contributed by atoms with Gasteiger partial charge < -0.3 is 9.64 Å². The molecule has 1 saturated heterocycles. The molecule has 0 spiro atoms. The summed E-state index contributed by atoms with van der Waals surface area (Å²) in [5.74, 6) is 0.893.